The van der Waals surface area contributed by atoms with Gasteiger partial charge in [-0.3, -0.25) is 10.2 Å². The molecule has 0 aliphatic heterocycles. The number of carboxylic acids is 1. The van der Waals surface area contributed by atoms with Crippen LogP contribution in [0.15, 0.2) is 47.6 Å². The summed E-state index contributed by atoms with van der Waals surface area (Å²) in [5.41, 5.74) is 0.636. The van der Waals surface area contributed by atoms with E-state index in [9.17, 15) is 18.4 Å². The lowest BCUT2D eigenvalue weighted by molar-refractivity contribution is -0.129. The van der Waals surface area contributed by atoms with Gasteiger partial charge in [0.1, 0.15) is 11.6 Å². The van der Waals surface area contributed by atoms with Gasteiger partial charge in [0.15, 0.2) is 0 Å². The Morgan fingerprint density at radius 1 is 1.04 bits per heavy atom. The van der Waals surface area contributed by atoms with Gasteiger partial charge >= 0.3 is 5.97 Å². The van der Waals surface area contributed by atoms with E-state index in [2.05, 4.69) is 10.5 Å². The van der Waals surface area contributed by atoms with Crippen LogP contribution in [-0.2, 0) is 4.79 Å². The number of ketones is 1. The van der Waals surface area contributed by atoms with Crippen LogP contribution in [0.5, 0.6) is 0 Å². The molecule has 0 atom stereocenters. The Kier molecular flexibility index (Phi) is 5.02. The van der Waals surface area contributed by atoms with Crippen LogP contribution in [0.4, 0.5) is 14.5 Å². The van der Waals surface area contributed by atoms with Gasteiger partial charge in [-0.1, -0.05) is 17.7 Å². The first-order chi connectivity index (χ1) is 10.9. The normalized spacial score (nSPS) is 11.2. The highest BCUT2D eigenvalue weighted by atomic mass is 35.5. The molecule has 0 aliphatic carbocycles. The number of anilines is 1. The Bertz CT molecular complexity index is 772. The maximum absolute atomic E-state index is 13.6. The summed E-state index contributed by atoms with van der Waals surface area (Å²) in [5.74, 6) is -5.44. The zero-order chi connectivity index (χ0) is 17.0. The number of rotatable bonds is 5. The number of aliphatic carboxylic acids is 1. The van der Waals surface area contributed by atoms with Crippen molar-refractivity contribution in [3.8, 4) is 0 Å². The molecule has 23 heavy (non-hydrogen) atoms. The summed E-state index contributed by atoms with van der Waals surface area (Å²) in [6, 6.07) is 8.76. The third-order valence-electron chi connectivity index (χ3n) is 2.75. The molecule has 0 fully saturated rings. The molecule has 2 aromatic rings. The third kappa shape index (κ3) is 3.89. The van der Waals surface area contributed by atoms with E-state index in [4.69, 9.17) is 16.7 Å². The van der Waals surface area contributed by atoms with Crippen molar-refractivity contribution in [2.45, 2.75) is 0 Å². The highest BCUT2D eigenvalue weighted by Crippen LogP contribution is 2.15. The second-order valence-electron chi connectivity index (χ2n) is 4.31. The van der Waals surface area contributed by atoms with Crippen LogP contribution in [0.3, 0.4) is 0 Å². The lowest BCUT2D eigenvalue weighted by atomic mass is 10.1. The topological polar surface area (TPSA) is 78.8 Å². The second kappa shape index (κ2) is 6.97. The predicted molar refractivity (Wildman–Crippen MR) is 80.8 cm³/mol. The van der Waals surface area contributed by atoms with Crippen LogP contribution >= 0.6 is 11.6 Å². The lowest BCUT2D eigenvalue weighted by Gasteiger charge is -2.05. The smallest absolute Gasteiger partial charge is 0.360 e. The Morgan fingerprint density at radius 2 is 1.61 bits per heavy atom. The number of hydrogen-bond donors (Lipinski definition) is 2. The third-order valence-corrected chi connectivity index (χ3v) is 3.00. The van der Waals surface area contributed by atoms with Crippen molar-refractivity contribution >= 4 is 34.8 Å². The number of benzene rings is 2. The van der Waals surface area contributed by atoms with Gasteiger partial charge in [-0.15, -0.1) is 0 Å². The van der Waals surface area contributed by atoms with Gasteiger partial charge in [0.05, 0.1) is 11.3 Å². The SMILES string of the molecule is O=C(O)C(=NNc1ccc(Cl)cc1)C(=O)c1c(F)cccc1F. The van der Waals surface area contributed by atoms with Crippen LogP contribution < -0.4 is 5.43 Å². The number of carboxylic acid groups (broad SMARTS) is 1. The maximum atomic E-state index is 13.6. The Morgan fingerprint density at radius 3 is 2.13 bits per heavy atom. The van der Waals surface area contributed by atoms with E-state index in [-0.39, 0.29) is 0 Å². The fraction of sp³-hybridized carbons (Fsp3) is 0. The molecule has 0 aliphatic rings. The standard InChI is InChI=1S/C15H9ClF2N2O3/c16-8-4-6-9(7-5-8)19-20-13(15(22)23)14(21)12-10(17)2-1-3-11(12)18/h1-7,19H,(H,22,23). The largest absolute Gasteiger partial charge is 0.476 e. The van der Waals surface area contributed by atoms with Gasteiger partial charge in [-0.2, -0.15) is 5.10 Å². The lowest BCUT2D eigenvalue weighted by Crippen LogP contribution is -2.27. The Labute approximate surface area is 134 Å². The fourth-order valence-corrected chi connectivity index (χ4v) is 1.80. The van der Waals surface area contributed by atoms with Crippen molar-refractivity contribution in [3.05, 3.63) is 64.7 Å². The van der Waals surface area contributed by atoms with Crippen LogP contribution in [0.25, 0.3) is 0 Å². The molecule has 0 aromatic heterocycles. The van der Waals surface area contributed by atoms with Gasteiger partial charge in [0.25, 0.3) is 0 Å². The Hall–Kier alpha value is -2.80. The summed E-state index contributed by atoms with van der Waals surface area (Å²) in [7, 11) is 0. The first kappa shape index (κ1) is 16.6. The fourth-order valence-electron chi connectivity index (χ4n) is 1.67. The van der Waals surface area contributed by atoms with E-state index in [1.54, 1.807) is 0 Å². The number of nitrogens with one attached hydrogen (secondary N) is 1. The van der Waals surface area contributed by atoms with E-state index >= 15 is 0 Å². The molecule has 0 bridgehead atoms. The summed E-state index contributed by atoms with van der Waals surface area (Å²) in [6.45, 7) is 0. The quantitative estimate of drug-likeness (QED) is 0.379. The number of hydrogen-bond acceptors (Lipinski definition) is 4. The number of Topliss-reactive ketones (excluding diaryl/α,β-unsaturated/α-hetero) is 1. The number of halogens is 3. The van der Waals surface area contributed by atoms with Gasteiger partial charge in [0, 0.05) is 5.02 Å². The highest BCUT2D eigenvalue weighted by Gasteiger charge is 2.27. The first-order valence-electron chi connectivity index (χ1n) is 6.21. The molecular weight excluding hydrogens is 330 g/mol. The molecule has 0 unspecified atom stereocenters. The first-order valence-corrected chi connectivity index (χ1v) is 6.59. The van der Waals surface area contributed by atoms with E-state index in [1.165, 1.54) is 24.3 Å². The van der Waals surface area contributed by atoms with Gasteiger partial charge in [-0.25, -0.2) is 13.6 Å². The number of carbonyl (C=O) groups is 2. The minimum atomic E-state index is -1.72. The number of nitrogens with zero attached hydrogens (tertiary/aromatic N) is 1. The molecule has 0 heterocycles. The summed E-state index contributed by atoms with van der Waals surface area (Å²) in [4.78, 5) is 23.2. The molecule has 0 amide bonds. The van der Waals surface area contributed by atoms with E-state index in [0.29, 0.717) is 10.7 Å². The molecule has 118 valence electrons. The number of hydrazone groups is 1. The van der Waals surface area contributed by atoms with Crippen LogP contribution in [0.1, 0.15) is 10.4 Å². The van der Waals surface area contributed by atoms with Crippen molar-refractivity contribution < 1.29 is 23.5 Å². The zero-order valence-electron chi connectivity index (χ0n) is 11.4. The van der Waals surface area contributed by atoms with Crippen LogP contribution in [0, 0.1) is 11.6 Å². The average Bonchev–Trinajstić information content (AvgIpc) is 2.49. The molecule has 2 aromatic carbocycles. The van der Waals surface area contributed by atoms with Gasteiger partial charge in [-0.05, 0) is 36.4 Å². The summed E-state index contributed by atoms with van der Waals surface area (Å²) in [6.07, 6.45) is 0. The highest BCUT2D eigenvalue weighted by molar-refractivity contribution is 6.67. The van der Waals surface area contributed by atoms with Crippen LogP contribution in [-0.4, -0.2) is 22.6 Å². The molecule has 0 spiro atoms. The molecule has 0 saturated heterocycles. The van der Waals surface area contributed by atoms with Gasteiger partial charge in [0.2, 0.25) is 11.5 Å². The molecule has 0 saturated carbocycles. The summed E-state index contributed by atoms with van der Waals surface area (Å²) in [5, 5.41) is 12.9. The van der Waals surface area contributed by atoms with Crippen molar-refractivity contribution in [3.63, 3.8) is 0 Å². The summed E-state index contributed by atoms with van der Waals surface area (Å²) >= 11 is 5.69. The molecule has 5 nitrogen and oxygen atoms in total. The summed E-state index contributed by atoms with van der Waals surface area (Å²) < 4.78 is 27.2. The molecule has 2 N–H and O–H groups in total. The second-order valence-corrected chi connectivity index (χ2v) is 4.75. The molecular formula is C15H9ClF2N2O3. The monoisotopic (exact) mass is 338 g/mol. The van der Waals surface area contributed by atoms with E-state index in [1.807, 2.05) is 0 Å². The number of carbonyl (C=O) groups excluding carboxylic acids is 1. The van der Waals surface area contributed by atoms with E-state index < -0.39 is 34.7 Å². The minimum absolute atomic E-state index is 0.343. The van der Waals surface area contributed by atoms with E-state index in [0.717, 1.165) is 18.2 Å². The molecule has 0 radical (unpaired) electrons. The van der Waals surface area contributed by atoms with Crippen LogP contribution in [0.2, 0.25) is 5.02 Å². The maximum Gasteiger partial charge on any atom is 0.360 e. The Balaban J connectivity index is 2.34. The molecule has 8 heteroatoms. The van der Waals surface area contributed by atoms with Crippen molar-refractivity contribution in [1.29, 1.82) is 0 Å². The average molecular weight is 339 g/mol. The van der Waals surface area contributed by atoms with Crippen molar-refractivity contribution in [2.24, 2.45) is 5.10 Å². The zero-order valence-corrected chi connectivity index (χ0v) is 12.1. The minimum Gasteiger partial charge on any atom is -0.476 e. The van der Waals surface area contributed by atoms with Crippen molar-refractivity contribution in [2.75, 3.05) is 5.43 Å². The molecule has 2 rings (SSSR count). The van der Waals surface area contributed by atoms with Gasteiger partial charge < -0.3 is 5.11 Å². The van der Waals surface area contributed by atoms with Crippen molar-refractivity contribution in [1.82, 2.24) is 0 Å². The predicted octanol–water partition coefficient (Wildman–Crippen LogP) is 3.35.